The van der Waals surface area contributed by atoms with E-state index in [1.807, 2.05) is 0 Å². The van der Waals surface area contributed by atoms with Crippen molar-refractivity contribution in [1.82, 2.24) is 5.32 Å². The van der Waals surface area contributed by atoms with Crippen LogP contribution in [0.5, 0.6) is 5.75 Å². The number of hydrogen-bond donors (Lipinski definition) is 3. The van der Waals surface area contributed by atoms with E-state index < -0.39 is 0 Å². The van der Waals surface area contributed by atoms with Gasteiger partial charge in [0.15, 0.2) is 12.4 Å². The molecule has 0 fully saturated rings. The Morgan fingerprint density at radius 2 is 2.20 bits per heavy atom. The van der Waals surface area contributed by atoms with Gasteiger partial charge in [-0.3, -0.25) is 4.79 Å². The zero-order chi connectivity index (χ0) is 15.0. The summed E-state index contributed by atoms with van der Waals surface area (Å²) in [4.78, 5) is 11.6. The number of rotatable bonds is 7. The summed E-state index contributed by atoms with van der Waals surface area (Å²) in [6.07, 6.45) is 1.01. The van der Waals surface area contributed by atoms with Gasteiger partial charge in [-0.25, -0.2) is 0 Å². The van der Waals surface area contributed by atoms with Crippen molar-refractivity contribution in [2.75, 3.05) is 13.2 Å². The van der Waals surface area contributed by atoms with E-state index >= 15 is 0 Å². The molecule has 1 amide bonds. The topological polar surface area (TPSA) is 96.9 Å². The number of para-hydroxylation sites is 1. The molecule has 0 saturated heterocycles. The van der Waals surface area contributed by atoms with Crippen molar-refractivity contribution < 1.29 is 14.7 Å². The number of benzene rings is 1. The SMILES string of the molecule is CCC(C)CNC(=O)COc1ccccc1C(N)=NO. The Morgan fingerprint density at radius 1 is 1.50 bits per heavy atom. The van der Waals surface area contributed by atoms with Crippen molar-refractivity contribution in [3.05, 3.63) is 29.8 Å². The van der Waals surface area contributed by atoms with E-state index in [-0.39, 0.29) is 18.3 Å². The Hall–Kier alpha value is -2.24. The lowest BCUT2D eigenvalue weighted by atomic mass is 10.1. The molecule has 110 valence electrons. The van der Waals surface area contributed by atoms with Crippen LogP contribution in [-0.4, -0.2) is 30.1 Å². The standard InChI is InChI=1S/C14H21N3O3/c1-3-10(2)8-16-13(18)9-20-12-7-5-4-6-11(12)14(15)17-19/h4-7,10,19H,3,8-9H2,1-2H3,(H2,15,17)(H,16,18). The number of amidine groups is 1. The Labute approximate surface area is 118 Å². The lowest BCUT2D eigenvalue weighted by Crippen LogP contribution is -2.32. The third-order valence-electron chi connectivity index (χ3n) is 2.97. The van der Waals surface area contributed by atoms with Crippen molar-refractivity contribution in [1.29, 1.82) is 0 Å². The fourth-order valence-corrected chi connectivity index (χ4v) is 1.48. The molecule has 0 aliphatic carbocycles. The molecule has 0 spiro atoms. The van der Waals surface area contributed by atoms with Crippen LogP contribution < -0.4 is 15.8 Å². The fraction of sp³-hybridized carbons (Fsp3) is 0.429. The second-order valence-electron chi connectivity index (χ2n) is 4.59. The van der Waals surface area contributed by atoms with Gasteiger partial charge in [0.25, 0.3) is 5.91 Å². The first kappa shape index (κ1) is 15.8. The van der Waals surface area contributed by atoms with Gasteiger partial charge in [0.2, 0.25) is 0 Å². The summed E-state index contributed by atoms with van der Waals surface area (Å²) >= 11 is 0. The number of carbonyl (C=O) groups excluding carboxylic acids is 1. The van der Waals surface area contributed by atoms with Gasteiger partial charge >= 0.3 is 0 Å². The van der Waals surface area contributed by atoms with Gasteiger partial charge in [0.05, 0.1) is 5.56 Å². The average molecular weight is 279 g/mol. The summed E-state index contributed by atoms with van der Waals surface area (Å²) in [6.45, 7) is 4.65. The predicted molar refractivity (Wildman–Crippen MR) is 76.9 cm³/mol. The fourth-order valence-electron chi connectivity index (χ4n) is 1.48. The first-order valence-electron chi connectivity index (χ1n) is 6.54. The van der Waals surface area contributed by atoms with Gasteiger partial charge in [-0.1, -0.05) is 37.6 Å². The van der Waals surface area contributed by atoms with Gasteiger partial charge in [0.1, 0.15) is 5.75 Å². The van der Waals surface area contributed by atoms with E-state index in [0.717, 1.165) is 6.42 Å². The highest BCUT2D eigenvalue weighted by atomic mass is 16.5. The average Bonchev–Trinajstić information content (AvgIpc) is 2.49. The number of amides is 1. The zero-order valence-corrected chi connectivity index (χ0v) is 11.8. The summed E-state index contributed by atoms with van der Waals surface area (Å²) in [5, 5.41) is 14.4. The number of nitrogens with two attached hydrogens (primary N) is 1. The first-order chi connectivity index (χ1) is 9.58. The molecule has 6 heteroatoms. The van der Waals surface area contributed by atoms with Crippen LogP contribution >= 0.6 is 0 Å². The third kappa shape index (κ3) is 4.79. The van der Waals surface area contributed by atoms with Crippen molar-refractivity contribution in [2.24, 2.45) is 16.8 Å². The maximum Gasteiger partial charge on any atom is 0.257 e. The summed E-state index contributed by atoms with van der Waals surface area (Å²) in [5.41, 5.74) is 5.99. The van der Waals surface area contributed by atoms with Crippen LogP contribution in [0.25, 0.3) is 0 Å². The van der Waals surface area contributed by atoms with Gasteiger partial charge in [-0.2, -0.15) is 0 Å². The molecular formula is C14H21N3O3. The quantitative estimate of drug-likeness (QED) is 0.303. The van der Waals surface area contributed by atoms with Gasteiger partial charge in [-0.05, 0) is 18.1 Å². The maximum atomic E-state index is 11.6. The van der Waals surface area contributed by atoms with Gasteiger partial charge < -0.3 is 21.0 Å². The molecule has 1 unspecified atom stereocenters. The molecule has 1 atom stereocenters. The van der Waals surface area contributed by atoms with Crippen LogP contribution in [0.15, 0.2) is 29.4 Å². The van der Waals surface area contributed by atoms with Crippen molar-refractivity contribution in [3.63, 3.8) is 0 Å². The first-order valence-corrected chi connectivity index (χ1v) is 6.54. The monoisotopic (exact) mass is 279 g/mol. The second-order valence-corrected chi connectivity index (χ2v) is 4.59. The second kappa shape index (κ2) is 8.04. The minimum absolute atomic E-state index is 0.0550. The summed E-state index contributed by atoms with van der Waals surface area (Å²) in [5.74, 6) is 0.588. The van der Waals surface area contributed by atoms with E-state index in [4.69, 9.17) is 15.7 Å². The Kier molecular flexibility index (Phi) is 6.36. The molecule has 0 bridgehead atoms. The van der Waals surface area contributed by atoms with Crippen LogP contribution in [0.3, 0.4) is 0 Å². The lowest BCUT2D eigenvalue weighted by Gasteiger charge is -2.12. The molecule has 0 heterocycles. The summed E-state index contributed by atoms with van der Waals surface area (Å²) < 4.78 is 5.40. The predicted octanol–water partition coefficient (Wildman–Crippen LogP) is 1.32. The molecule has 0 aromatic heterocycles. The van der Waals surface area contributed by atoms with E-state index in [9.17, 15) is 4.79 Å². The molecule has 1 rings (SSSR count). The largest absolute Gasteiger partial charge is 0.483 e. The van der Waals surface area contributed by atoms with Crippen LogP contribution in [0.1, 0.15) is 25.8 Å². The smallest absolute Gasteiger partial charge is 0.257 e. The number of nitrogens with zero attached hydrogens (tertiary/aromatic N) is 1. The number of ether oxygens (including phenoxy) is 1. The minimum atomic E-state index is -0.195. The van der Waals surface area contributed by atoms with Gasteiger partial charge in [-0.15, -0.1) is 0 Å². The lowest BCUT2D eigenvalue weighted by molar-refractivity contribution is -0.123. The summed E-state index contributed by atoms with van der Waals surface area (Å²) in [7, 11) is 0. The number of nitrogens with one attached hydrogen (secondary N) is 1. The van der Waals surface area contributed by atoms with Crippen LogP contribution in [0.4, 0.5) is 0 Å². The van der Waals surface area contributed by atoms with Crippen LogP contribution in [0, 0.1) is 5.92 Å². The molecular weight excluding hydrogens is 258 g/mol. The maximum absolute atomic E-state index is 11.6. The Balaban J connectivity index is 2.56. The highest BCUT2D eigenvalue weighted by molar-refractivity contribution is 5.99. The van der Waals surface area contributed by atoms with Crippen molar-refractivity contribution >= 4 is 11.7 Å². The van der Waals surface area contributed by atoms with Crippen LogP contribution in [-0.2, 0) is 4.79 Å². The normalized spacial score (nSPS) is 12.8. The Bertz CT molecular complexity index is 474. The molecule has 0 aliphatic heterocycles. The molecule has 4 N–H and O–H groups in total. The minimum Gasteiger partial charge on any atom is -0.483 e. The van der Waals surface area contributed by atoms with E-state index in [1.165, 1.54) is 0 Å². The third-order valence-corrected chi connectivity index (χ3v) is 2.97. The van der Waals surface area contributed by atoms with E-state index in [1.54, 1.807) is 24.3 Å². The van der Waals surface area contributed by atoms with E-state index in [2.05, 4.69) is 24.3 Å². The van der Waals surface area contributed by atoms with Crippen molar-refractivity contribution in [2.45, 2.75) is 20.3 Å². The number of oxime groups is 1. The molecule has 0 radical (unpaired) electrons. The Morgan fingerprint density at radius 3 is 2.85 bits per heavy atom. The number of hydrogen-bond acceptors (Lipinski definition) is 4. The molecule has 6 nitrogen and oxygen atoms in total. The molecule has 1 aromatic carbocycles. The van der Waals surface area contributed by atoms with Gasteiger partial charge in [0, 0.05) is 6.54 Å². The molecule has 0 saturated carbocycles. The van der Waals surface area contributed by atoms with Crippen molar-refractivity contribution in [3.8, 4) is 5.75 Å². The van der Waals surface area contributed by atoms with E-state index in [0.29, 0.717) is 23.8 Å². The number of carbonyl (C=O) groups is 1. The zero-order valence-electron chi connectivity index (χ0n) is 11.8. The molecule has 1 aromatic rings. The molecule has 0 aliphatic rings. The molecule has 20 heavy (non-hydrogen) atoms. The van der Waals surface area contributed by atoms with Crippen LogP contribution in [0.2, 0.25) is 0 Å². The summed E-state index contributed by atoms with van der Waals surface area (Å²) in [6, 6.07) is 6.81. The highest BCUT2D eigenvalue weighted by Gasteiger charge is 2.10. The highest BCUT2D eigenvalue weighted by Crippen LogP contribution is 2.17.